The normalized spacial score (nSPS) is 14.8. The molecule has 0 aliphatic rings. The van der Waals surface area contributed by atoms with Gasteiger partial charge in [0.05, 0.1) is 12.1 Å². The van der Waals surface area contributed by atoms with E-state index in [4.69, 9.17) is 4.74 Å². The van der Waals surface area contributed by atoms with Crippen LogP contribution in [0.1, 0.15) is 49.6 Å². The Kier molecular flexibility index (Phi) is 6.78. The molecule has 2 unspecified atom stereocenters. The van der Waals surface area contributed by atoms with E-state index in [2.05, 4.69) is 37.5 Å². The zero-order valence-electron chi connectivity index (χ0n) is 11.5. The van der Waals surface area contributed by atoms with Crippen LogP contribution < -0.4 is 5.32 Å². The van der Waals surface area contributed by atoms with Crippen molar-refractivity contribution in [3.63, 3.8) is 0 Å². The molecule has 0 aliphatic carbocycles. The second-order valence-corrected chi connectivity index (χ2v) is 5.60. The fraction of sp³-hybridized carbons (Fsp3) is 0.714. The second kappa shape index (κ2) is 7.85. The van der Waals surface area contributed by atoms with Gasteiger partial charge >= 0.3 is 0 Å². The van der Waals surface area contributed by atoms with Crippen LogP contribution in [0.25, 0.3) is 0 Å². The first kappa shape index (κ1) is 14.7. The van der Waals surface area contributed by atoms with Crippen LogP contribution in [-0.2, 0) is 4.74 Å². The zero-order valence-corrected chi connectivity index (χ0v) is 12.3. The van der Waals surface area contributed by atoms with Crippen molar-refractivity contribution in [3.05, 3.63) is 21.9 Å². The zero-order chi connectivity index (χ0) is 12.7. The van der Waals surface area contributed by atoms with Gasteiger partial charge in [-0.2, -0.15) is 0 Å². The largest absolute Gasteiger partial charge is 0.379 e. The van der Waals surface area contributed by atoms with Crippen molar-refractivity contribution in [1.29, 1.82) is 0 Å². The Morgan fingerprint density at radius 2 is 2.12 bits per heavy atom. The maximum Gasteiger partial charge on any atom is 0.0766 e. The average Bonchev–Trinajstić information content (AvgIpc) is 2.75. The van der Waals surface area contributed by atoms with E-state index in [1.807, 2.05) is 18.4 Å². The Balaban J connectivity index is 2.77. The van der Waals surface area contributed by atoms with E-state index < -0.39 is 0 Å². The molecule has 0 bridgehead atoms. The molecule has 1 N–H and O–H groups in total. The molecule has 3 heteroatoms. The van der Waals surface area contributed by atoms with Crippen LogP contribution in [0.15, 0.2) is 11.4 Å². The van der Waals surface area contributed by atoms with Crippen LogP contribution in [-0.4, -0.2) is 19.8 Å². The number of ether oxygens (including phenoxy) is 1. The summed E-state index contributed by atoms with van der Waals surface area (Å²) in [6, 6.07) is 2.62. The van der Waals surface area contributed by atoms with Crippen molar-refractivity contribution >= 4 is 11.3 Å². The molecular weight excluding hydrogens is 230 g/mol. The highest BCUT2D eigenvalue weighted by atomic mass is 32.1. The smallest absolute Gasteiger partial charge is 0.0766 e. The summed E-state index contributed by atoms with van der Waals surface area (Å²) in [5.74, 6) is 0. The molecule has 0 amide bonds. The predicted octanol–water partition coefficient (Wildman–Crippen LogP) is 3.91. The minimum Gasteiger partial charge on any atom is -0.379 e. The number of hydrogen-bond acceptors (Lipinski definition) is 3. The molecule has 0 aliphatic heterocycles. The Labute approximate surface area is 109 Å². The van der Waals surface area contributed by atoms with Gasteiger partial charge in [-0.05, 0) is 43.3 Å². The van der Waals surface area contributed by atoms with E-state index in [1.54, 1.807) is 0 Å². The molecule has 98 valence electrons. The lowest BCUT2D eigenvalue weighted by Crippen LogP contribution is -2.33. The quantitative estimate of drug-likeness (QED) is 0.760. The van der Waals surface area contributed by atoms with Gasteiger partial charge in [0.15, 0.2) is 0 Å². The van der Waals surface area contributed by atoms with Gasteiger partial charge in [-0.25, -0.2) is 0 Å². The minimum absolute atomic E-state index is 0.278. The van der Waals surface area contributed by atoms with E-state index in [9.17, 15) is 0 Å². The van der Waals surface area contributed by atoms with Gasteiger partial charge in [0.1, 0.15) is 0 Å². The van der Waals surface area contributed by atoms with Crippen LogP contribution in [0.2, 0.25) is 0 Å². The highest BCUT2D eigenvalue weighted by Crippen LogP contribution is 2.26. The molecule has 2 atom stereocenters. The van der Waals surface area contributed by atoms with Crippen molar-refractivity contribution in [2.75, 3.05) is 13.7 Å². The lowest BCUT2D eigenvalue weighted by molar-refractivity contribution is 0.0607. The van der Waals surface area contributed by atoms with Crippen molar-refractivity contribution in [2.45, 2.75) is 52.2 Å². The lowest BCUT2D eigenvalue weighted by atomic mass is 10.00. The van der Waals surface area contributed by atoms with Crippen molar-refractivity contribution in [3.8, 4) is 0 Å². The number of aryl methyl sites for hydroxylation is 1. The summed E-state index contributed by atoms with van der Waals surface area (Å²) in [6.45, 7) is 7.61. The third-order valence-corrected chi connectivity index (χ3v) is 3.85. The fourth-order valence-corrected chi connectivity index (χ4v) is 2.84. The Bertz CT molecular complexity index is 311. The first-order chi connectivity index (χ1) is 8.22. The SMILES string of the molecule is CCCNC(c1csc(C)c1)C(CCC)OC. The van der Waals surface area contributed by atoms with Gasteiger partial charge in [-0.15, -0.1) is 11.3 Å². The molecule has 1 heterocycles. The maximum atomic E-state index is 5.66. The first-order valence-electron chi connectivity index (χ1n) is 6.54. The molecule has 1 rings (SSSR count). The predicted molar refractivity (Wildman–Crippen MR) is 75.8 cm³/mol. The highest BCUT2D eigenvalue weighted by Gasteiger charge is 2.22. The molecule has 0 radical (unpaired) electrons. The summed E-state index contributed by atoms with van der Waals surface area (Å²) in [5, 5.41) is 5.87. The molecule has 0 saturated carbocycles. The molecule has 1 aromatic rings. The molecule has 0 fully saturated rings. The van der Waals surface area contributed by atoms with E-state index >= 15 is 0 Å². The summed E-state index contributed by atoms with van der Waals surface area (Å²) in [4.78, 5) is 1.37. The van der Waals surface area contributed by atoms with Crippen molar-refractivity contribution in [2.24, 2.45) is 0 Å². The minimum atomic E-state index is 0.278. The van der Waals surface area contributed by atoms with Gasteiger partial charge in [0, 0.05) is 12.0 Å². The molecule has 0 aromatic carbocycles. The molecule has 17 heavy (non-hydrogen) atoms. The van der Waals surface area contributed by atoms with Gasteiger partial charge in [-0.1, -0.05) is 20.3 Å². The summed E-state index contributed by atoms with van der Waals surface area (Å²) in [7, 11) is 1.82. The standard InChI is InChI=1S/C14H25NOS/c1-5-7-13(16-4)14(15-8-6-2)12-9-11(3)17-10-12/h9-10,13-15H,5-8H2,1-4H3. The molecule has 2 nitrogen and oxygen atoms in total. The number of thiophene rings is 1. The van der Waals surface area contributed by atoms with Crippen LogP contribution in [0.4, 0.5) is 0 Å². The Morgan fingerprint density at radius 3 is 2.59 bits per heavy atom. The van der Waals surface area contributed by atoms with E-state index in [0.29, 0.717) is 6.04 Å². The summed E-state index contributed by atoms with van der Waals surface area (Å²) < 4.78 is 5.66. The van der Waals surface area contributed by atoms with Crippen LogP contribution in [0.5, 0.6) is 0 Å². The highest BCUT2D eigenvalue weighted by molar-refractivity contribution is 7.10. The third-order valence-electron chi connectivity index (χ3n) is 2.97. The van der Waals surface area contributed by atoms with E-state index in [-0.39, 0.29) is 6.10 Å². The van der Waals surface area contributed by atoms with Crippen LogP contribution in [0.3, 0.4) is 0 Å². The molecule has 0 spiro atoms. The fourth-order valence-electron chi connectivity index (χ4n) is 2.10. The summed E-state index contributed by atoms with van der Waals surface area (Å²) in [6.07, 6.45) is 3.70. The van der Waals surface area contributed by atoms with E-state index in [1.165, 1.54) is 10.4 Å². The third kappa shape index (κ3) is 4.41. The summed E-state index contributed by atoms with van der Waals surface area (Å²) in [5.41, 5.74) is 1.38. The van der Waals surface area contributed by atoms with Crippen molar-refractivity contribution < 1.29 is 4.74 Å². The Morgan fingerprint density at radius 1 is 1.35 bits per heavy atom. The second-order valence-electron chi connectivity index (χ2n) is 4.49. The number of nitrogens with one attached hydrogen (secondary N) is 1. The first-order valence-corrected chi connectivity index (χ1v) is 7.42. The lowest BCUT2D eigenvalue weighted by Gasteiger charge is -2.26. The van der Waals surface area contributed by atoms with Gasteiger partial charge in [-0.3, -0.25) is 0 Å². The number of hydrogen-bond donors (Lipinski definition) is 1. The number of methoxy groups -OCH3 is 1. The number of rotatable bonds is 8. The monoisotopic (exact) mass is 255 g/mol. The van der Waals surface area contributed by atoms with Gasteiger partial charge in [0.25, 0.3) is 0 Å². The van der Waals surface area contributed by atoms with Crippen LogP contribution in [0, 0.1) is 6.92 Å². The average molecular weight is 255 g/mol. The topological polar surface area (TPSA) is 21.3 Å². The Hall–Kier alpha value is -0.380. The summed E-state index contributed by atoms with van der Waals surface area (Å²) >= 11 is 1.82. The van der Waals surface area contributed by atoms with Crippen molar-refractivity contribution in [1.82, 2.24) is 5.32 Å². The molecular formula is C14H25NOS. The van der Waals surface area contributed by atoms with Gasteiger partial charge in [0.2, 0.25) is 0 Å². The van der Waals surface area contributed by atoms with Gasteiger partial charge < -0.3 is 10.1 Å². The maximum absolute atomic E-state index is 5.66. The van der Waals surface area contributed by atoms with E-state index in [0.717, 1.165) is 25.8 Å². The molecule has 0 saturated heterocycles. The van der Waals surface area contributed by atoms with Crippen LogP contribution >= 0.6 is 11.3 Å². The molecule has 1 aromatic heterocycles.